The topological polar surface area (TPSA) is 69.8 Å². The fourth-order valence-electron chi connectivity index (χ4n) is 1.64. The van der Waals surface area contributed by atoms with E-state index in [0.717, 1.165) is 17.2 Å². The van der Waals surface area contributed by atoms with Crippen molar-refractivity contribution in [1.82, 2.24) is 15.3 Å². The highest BCUT2D eigenvalue weighted by molar-refractivity contribution is 5.94. The molecule has 0 saturated carbocycles. The number of aromatic amines is 1. The molecule has 94 valence electrons. The molecule has 0 aliphatic rings. The Labute approximate surface area is 106 Å². The molecule has 0 radical (unpaired) electrons. The number of H-pyrrole nitrogens is 1. The van der Waals surface area contributed by atoms with Crippen LogP contribution in [-0.4, -0.2) is 22.9 Å². The number of hydrogen-bond acceptors (Lipinski definition) is 3. The highest BCUT2D eigenvalue weighted by Gasteiger charge is 2.02. The van der Waals surface area contributed by atoms with Gasteiger partial charge in [-0.1, -0.05) is 0 Å². The Morgan fingerprint density at radius 3 is 2.61 bits per heavy atom. The molecule has 0 atom stereocenters. The standard InChI is InChI=1S/C13H16N4O/c1-9-15-7-12(17-9)8-16-11-5-3-10(4-6-11)13(18)14-2/h3-7,16H,8H2,1-2H3,(H,14,18)(H,15,17). The smallest absolute Gasteiger partial charge is 0.251 e. The number of carbonyl (C=O) groups excluding carboxylic acids is 1. The fraction of sp³-hybridized carbons (Fsp3) is 0.231. The Morgan fingerprint density at radius 1 is 1.33 bits per heavy atom. The molecule has 1 aromatic carbocycles. The van der Waals surface area contributed by atoms with Crippen molar-refractivity contribution in [3.05, 3.63) is 47.5 Å². The number of anilines is 1. The number of aromatic nitrogens is 2. The Bertz CT molecular complexity index is 530. The van der Waals surface area contributed by atoms with E-state index in [4.69, 9.17) is 0 Å². The van der Waals surface area contributed by atoms with Gasteiger partial charge in [0.15, 0.2) is 0 Å². The minimum atomic E-state index is -0.0780. The Morgan fingerprint density at radius 2 is 2.06 bits per heavy atom. The summed E-state index contributed by atoms with van der Waals surface area (Å²) in [5.41, 5.74) is 2.65. The zero-order valence-electron chi connectivity index (χ0n) is 10.4. The Kier molecular flexibility index (Phi) is 3.62. The van der Waals surface area contributed by atoms with Crippen LogP contribution in [0.5, 0.6) is 0 Å². The third-order valence-corrected chi connectivity index (χ3v) is 2.61. The maximum Gasteiger partial charge on any atom is 0.251 e. The predicted octanol–water partition coefficient (Wildman–Crippen LogP) is 1.69. The molecule has 0 aliphatic heterocycles. The summed E-state index contributed by atoms with van der Waals surface area (Å²) in [5, 5.41) is 5.84. The number of nitrogens with zero attached hydrogens (tertiary/aromatic N) is 1. The van der Waals surface area contributed by atoms with Crippen molar-refractivity contribution in [2.24, 2.45) is 0 Å². The van der Waals surface area contributed by atoms with Gasteiger partial charge >= 0.3 is 0 Å². The molecule has 1 amide bonds. The minimum Gasteiger partial charge on any atom is -0.379 e. The first-order valence-electron chi connectivity index (χ1n) is 5.75. The van der Waals surface area contributed by atoms with Crippen LogP contribution >= 0.6 is 0 Å². The molecule has 0 unspecified atom stereocenters. The summed E-state index contributed by atoms with van der Waals surface area (Å²) in [7, 11) is 1.62. The lowest BCUT2D eigenvalue weighted by molar-refractivity contribution is 0.0963. The molecule has 1 heterocycles. The second-order valence-electron chi connectivity index (χ2n) is 4.00. The molecule has 2 rings (SSSR count). The number of imidazole rings is 1. The van der Waals surface area contributed by atoms with Gasteiger partial charge in [-0.25, -0.2) is 4.98 Å². The molecular weight excluding hydrogens is 228 g/mol. The van der Waals surface area contributed by atoms with Gasteiger partial charge in [0.25, 0.3) is 5.91 Å². The highest BCUT2D eigenvalue weighted by Crippen LogP contribution is 2.10. The molecule has 5 heteroatoms. The third kappa shape index (κ3) is 2.88. The van der Waals surface area contributed by atoms with E-state index in [1.54, 1.807) is 25.4 Å². The van der Waals surface area contributed by atoms with Crippen molar-refractivity contribution < 1.29 is 4.79 Å². The number of nitrogens with one attached hydrogen (secondary N) is 3. The molecule has 0 spiro atoms. The molecule has 0 saturated heterocycles. The average molecular weight is 244 g/mol. The summed E-state index contributed by atoms with van der Waals surface area (Å²) in [4.78, 5) is 18.6. The zero-order chi connectivity index (χ0) is 13.0. The van der Waals surface area contributed by atoms with E-state index in [0.29, 0.717) is 12.1 Å². The SMILES string of the molecule is CNC(=O)c1ccc(NCc2cnc(C)[nH]2)cc1. The molecule has 3 N–H and O–H groups in total. The molecule has 0 aliphatic carbocycles. The van der Waals surface area contributed by atoms with Crippen molar-refractivity contribution >= 4 is 11.6 Å². The van der Waals surface area contributed by atoms with Gasteiger partial charge < -0.3 is 15.6 Å². The van der Waals surface area contributed by atoms with E-state index in [1.165, 1.54) is 0 Å². The summed E-state index contributed by atoms with van der Waals surface area (Å²) < 4.78 is 0. The van der Waals surface area contributed by atoms with E-state index in [2.05, 4.69) is 20.6 Å². The van der Waals surface area contributed by atoms with E-state index in [-0.39, 0.29) is 5.91 Å². The third-order valence-electron chi connectivity index (χ3n) is 2.61. The first-order chi connectivity index (χ1) is 8.69. The van der Waals surface area contributed by atoms with Gasteiger partial charge in [0, 0.05) is 18.3 Å². The van der Waals surface area contributed by atoms with Crippen LogP contribution in [0.25, 0.3) is 0 Å². The van der Waals surface area contributed by atoms with Crippen LogP contribution < -0.4 is 10.6 Å². The second-order valence-corrected chi connectivity index (χ2v) is 4.00. The van der Waals surface area contributed by atoms with Gasteiger partial charge in [0.05, 0.1) is 18.4 Å². The van der Waals surface area contributed by atoms with E-state index >= 15 is 0 Å². The average Bonchev–Trinajstić information content (AvgIpc) is 2.82. The minimum absolute atomic E-state index is 0.0780. The first-order valence-corrected chi connectivity index (χ1v) is 5.75. The van der Waals surface area contributed by atoms with Crippen LogP contribution in [0.4, 0.5) is 5.69 Å². The lowest BCUT2D eigenvalue weighted by Crippen LogP contribution is -2.17. The maximum atomic E-state index is 11.4. The second kappa shape index (κ2) is 5.35. The van der Waals surface area contributed by atoms with Gasteiger partial charge in [-0.3, -0.25) is 4.79 Å². The van der Waals surface area contributed by atoms with Gasteiger partial charge in [0.1, 0.15) is 5.82 Å². The van der Waals surface area contributed by atoms with Crippen LogP contribution in [-0.2, 0) is 6.54 Å². The summed E-state index contributed by atoms with van der Waals surface area (Å²) >= 11 is 0. The number of amides is 1. The molecule has 0 fully saturated rings. The molecule has 5 nitrogen and oxygen atoms in total. The summed E-state index contributed by atoms with van der Waals surface area (Å²) in [6.07, 6.45) is 1.81. The zero-order valence-corrected chi connectivity index (χ0v) is 10.4. The number of benzene rings is 1. The van der Waals surface area contributed by atoms with Gasteiger partial charge in [-0.15, -0.1) is 0 Å². The molecule has 18 heavy (non-hydrogen) atoms. The Hall–Kier alpha value is -2.30. The summed E-state index contributed by atoms with van der Waals surface area (Å²) in [6, 6.07) is 7.35. The predicted molar refractivity (Wildman–Crippen MR) is 70.5 cm³/mol. The van der Waals surface area contributed by atoms with Crippen molar-refractivity contribution in [2.45, 2.75) is 13.5 Å². The maximum absolute atomic E-state index is 11.4. The molecule has 0 bridgehead atoms. The quantitative estimate of drug-likeness (QED) is 0.766. The van der Waals surface area contributed by atoms with Gasteiger partial charge in [-0.2, -0.15) is 0 Å². The van der Waals surface area contributed by atoms with E-state index < -0.39 is 0 Å². The number of aryl methyl sites for hydroxylation is 1. The number of hydrogen-bond donors (Lipinski definition) is 3. The van der Waals surface area contributed by atoms with Crippen LogP contribution in [0.3, 0.4) is 0 Å². The summed E-state index contributed by atoms with van der Waals surface area (Å²) in [5.74, 6) is 0.826. The van der Waals surface area contributed by atoms with Crippen molar-refractivity contribution in [3.8, 4) is 0 Å². The van der Waals surface area contributed by atoms with Crippen molar-refractivity contribution in [3.63, 3.8) is 0 Å². The normalized spacial score (nSPS) is 10.1. The van der Waals surface area contributed by atoms with E-state index in [9.17, 15) is 4.79 Å². The number of carbonyl (C=O) groups is 1. The molecular formula is C13H16N4O. The highest BCUT2D eigenvalue weighted by atomic mass is 16.1. The van der Waals surface area contributed by atoms with Crippen LogP contribution in [0.15, 0.2) is 30.5 Å². The Balaban J connectivity index is 1.96. The fourth-order valence-corrected chi connectivity index (χ4v) is 1.64. The van der Waals surface area contributed by atoms with Gasteiger partial charge in [-0.05, 0) is 31.2 Å². The first kappa shape index (κ1) is 12.2. The van der Waals surface area contributed by atoms with Gasteiger partial charge in [0.2, 0.25) is 0 Å². The van der Waals surface area contributed by atoms with Crippen LogP contribution in [0.1, 0.15) is 21.9 Å². The van der Waals surface area contributed by atoms with Crippen molar-refractivity contribution in [2.75, 3.05) is 12.4 Å². The summed E-state index contributed by atoms with van der Waals surface area (Å²) in [6.45, 7) is 2.60. The molecule has 2 aromatic rings. The van der Waals surface area contributed by atoms with Crippen LogP contribution in [0.2, 0.25) is 0 Å². The van der Waals surface area contributed by atoms with E-state index in [1.807, 2.05) is 19.1 Å². The monoisotopic (exact) mass is 244 g/mol. The molecule has 1 aromatic heterocycles. The van der Waals surface area contributed by atoms with Crippen LogP contribution in [0, 0.1) is 6.92 Å². The van der Waals surface area contributed by atoms with Crippen molar-refractivity contribution in [1.29, 1.82) is 0 Å². The largest absolute Gasteiger partial charge is 0.379 e. The lowest BCUT2D eigenvalue weighted by atomic mass is 10.2. The lowest BCUT2D eigenvalue weighted by Gasteiger charge is -2.05. The number of rotatable bonds is 4.